The average Bonchev–Trinajstić information content (AvgIpc) is 3.21. The molecule has 0 aliphatic heterocycles. The molecule has 1 aliphatic rings. The van der Waals surface area contributed by atoms with Crippen molar-refractivity contribution in [3.05, 3.63) is 23.8 Å². The number of hydrogen-bond acceptors (Lipinski definition) is 4. The molecule has 0 unspecified atom stereocenters. The summed E-state index contributed by atoms with van der Waals surface area (Å²) in [6.07, 6.45) is 2.22. The summed E-state index contributed by atoms with van der Waals surface area (Å²) in [6.45, 7) is 0. The van der Waals surface area contributed by atoms with Crippen LogP contribution in [0, 0.1) is 0 Å². The van der Waals surface area contributed by atoms with Crippen LogP contribution in [-0.2, 0) is 21.2 Å². The van der Waals surface area contributed by atoms with E-state index >= 15 is 0 Å². The Kier molecular flexibility index (Phi) is 4.01. The fourth-order valence-corrected chi connectivity index (χ4v) is 2.77. The highest BCUT2D eigenvalue weighted by atomic mass is 32.2. The number of carbonyl (C=O) groups is 1. The SMILES string of the molecule is COc1ccc(CC(=O)N(C)C2CC2)cc1S(N)(=O)=O. The molecule has 20 heavy (non-hydrogen) atoms. The van der Waals surface area contributed by atoms with E-state index in [4.69, 9.17) is 9.88 Å². The van der Waals surface area contributed by atoms with E-state index in [2.05, 4.69) is 0 Å². The van der Waals surface area contributed by atoms with Crippen LogP contribution in [0.2, 0.25) is 0 Å². The fourth-order valence-electron chi connectivity index (χ4n) is 2.02. The van der Waals surface area contributed by atoms with Crippen molar-refractivity contribution in [2.45, 2.75) is 30.2 Å². The van der Waals surface area contributed by atoms with Crippen molar-refractivity contribution in [3.63, 3.8) is 0 Å². The molecule has 110 valence electrons. The molecular weight excluding hydrogens is 280 g/mol. The topological polar surface area (TPSA) is 89.7 Å². The first-order valence-electron chi connectivity index (χ1n) is 6.28. The minimum atomic E-state index is -3.88. The number of hydrogen-bond donors (Lipinski definition) is 1. The molecule has 0 aromatic heterocycles. The lowest BCUT2D eigenvalue weighted by Gasteiger charge is -2.16. The molecule has 1 saturated carbocycles. The maximum atomic E-state index is 12.0. The van der Waals surface area contributed by atoms with Gasteiger partial charge in [0.05, 0.1) is 13.5 Å². The summed E-state index contributed by atoms with van der Waals surface area (Å²) in [7, 11) is -0.739. The number of nitrogens with two attached hydrogens (primary N) is 1. The zero-order valence-electron chi connectivity index (χ0n) is 11.5. The first-order valence-corrected chi connectivity index (χ1v) is 7.83. The van der Waals surface area contributed by atoms with Gasteiger partial charge < -0.3 is 9.64 Å². The van der Waals surface area contributed by atoms with Crippen molar-refractivity contribution >= 4 is 15.9 Å². The van der Waals surface area contributed by atoms with Crippen LogP contribution in [0.1, 0.15) is 18.4 Å². The molecule has 1 aromatic carbocycles. The Hall–Kier alpha value is -1.60. The molecule has 0 bridgehead atoms. The Balaban J connectivity index is 2.22. The lowest BCUT2D eigenvalue weighted by atomic mass is 10.1. The monoisotopic (exact) mass is 298 g/mol. The van der Waals surface area contributed by atoms with Gasteiger partial charge >= 0.3 is 0 Å². The van der Waals surface area contributed by atoms with Gasteiger partial charge in [-0.15, -0.1) is 0 Å². The minimum absolute atomic E-state index is 0.0296. The summed E-state index contributed by atoms with van der Waals surface area (Å²) >= 11 is 0. The first kappa shape index (κ1) is 14.8. The highest BCUT2D eigenvalue weighted by Gasteiger charge is 2.29. The third-order valence-corrected chi connectivity index (χ3v) is 4.31. The molecular formula is C13H18N2O4S. The Morgan fingerprint density at radius 3 is 2.60 bits per heavy atom. The van der Waals surface area contributed by atoms with Gasteiger partial charge in [-0.05, 0) is 30.5 Å². The van der Waals surface area contributed by atoms with Gasteiger partial charge in [0.1, 0.15) is 10.6 Å². The lowest BCUT2D eigenvalue weighted by Crippen LogP contribution is -2.30. The number of primary sulfonamides is 1. The zero-order chi connectivity index (χ0) is 14.9. The van der Waals surface area contributed by atoms with E-state index in [1.165, 1.54) is 19.2 Å². The highest BCUT2D eigenvalue weighted by Crippen LogP contribution is 2.27. The van der Waals surface area contributed by atoms with Crippen LogP contribution in [0.25, 0.3) is 0 Å². The van der Waals surface area contributed by atoms with Gasteiger partial charge in [-0.2, -0.15) is 0 Å². The van der Waals surface area contributed by atoms with Crippen molar-refractivity contribution < 1.29 is 17.9 Å². The summed E-state index contributed by atoms with van der Waals surface area (Å²) in [5, 5.41) is 5.15. The molecule has 0 saturated heterocycles. The van der Waals surface area contributed by atoms with Gasteiger partial charge in [-0.25, -0.2) is 13.6 Å². The molecule has 2 N–H and O–H groups in total. The van der Waals surface area contributed by atoms with Gasteiger partial charge in [-0.1, -0.05) is 6.07 Å². The molecule has 2 rings (SSSR count). The zero-order valence-corrected chi connectivity index (χ0v) is 12.3. The molecule has 1 amide bonds. The molecule has 6 nitrogen and oxygen atoms in total. The molecule has 7 heteroatoms. The number of rotatable bonds is 5. The Morgan fingerprint density at radius 1 is 1.45 bits per heavy atom. The second kappa shape index (κ2) is 5.41. The summed E-state index contributed by atoms with van der Waals surface area (Å²) in [5.74, 6) is 0.150. The standard InChI is InChI=1S/C13H18N2O4S/c1-15(10-4-5-10)13(16)8-9-3-6-11(19-2)12(7-9)20(14,17)18/h3,6-7,10H,4-5,8H2,1-2H3,(H2,14,17,18). The summed E-state index contributed by atoms with van der Waals surface area (Å²) in [4.78, 5) is 13.6. The van der Waals surface area contributed by atoms with Crippen molar-refractivity contribution in [2.75, 3.05) is 14.2 Å². The van der Waals surface area contributed by atoms with Crippen molar-refractivity contribution in [2.24, 2.45) is 5.14 Å². The van der Waals surface area contributed by atoms with E-state index in [0.717, 1.165) is 12.8 Å². The second-order valence-electron chi connectivity index (χ2n) is 4.94. The number of amides is 1. The van der Waals surface area contributed by atoms with E-state index in [1.54, 1.807) is 18.0 Å². The van der Waals surface area contributed by atoms with E-state index in [1.807, 2.05) is 0 Å². The lowest BCUT2D eigenvalue weighted by molar-refractivity contribution is -0.129. The molecule has 0 atom stereocenters. The average molecular weight is 298 g/mol. The van der Waals surface area contributed by atoms with Crippen LogP contribution < -0.4 is 9.88 Å². The Bertz CT molecular complexity index is 623. The third-order valence-electron chi connectivity index (χ3n) is 3.38. The number of likely N-dealkylation sites (N-methyl/N-ethyl adjacent to an activating group) is 1. The summed E-state index contributed by atoms with van der Waals surface area (Å²) in [5.41, 5.74) is 0.604. The van der Waals surface area contributed by atoms with Gasteiger partial charge in [0.15, 0.2) is 0 Å². The van der Waals surface area contributed by atoms with E-state index in [9.17, 15) is 13.2 Å². The molecule has 1 fully saturated rings. The number of carbonyl (C=O) groups excluding carboxylic acids is 1. The van der Waals surface area contributed by atoms with Gasteiger partial charge in [0.2, 0.25) is 15.9 Å². The first-order chi connectivity index (χ1) is 9.32. The van der Waals surface area contributed by atoms with Crippen LogP contribution >= 0.6 is 0 Å². The van der Waals surface area contributed by atoms with Crippen LogP contribution in [0.4, 0.5) is 0 Å². The maximum absolute atomic E-state index is 12.0. The van der Waals surface area contributed by atoms with Crippen molar-refractivity contribution in [1.29, 1.82) is 0 Å². The largest absolute Gasteiger partial charge is 0.495 e. The smallest absolute Gasteiger partial charge is 0.241 e. The number of benzene rings is 1. The predicted molar refractivity (Wildman–Crippen MR) is 73.9 cm³/mol. The Morgan fingerprint density at radius 2 is 2.10 bits per heavy atom. The summed E-state index contributed by atoms with van der Waals surface area (Å²) in [6, 6.07) is 4.91. The van der Waals surface area contributed by atoms with Gasteiger partial charge in [-0.3, -0.25) is 4.79 Å². The number of ether oxygens (including phenoxy) is 1. The molecule has 1 aromatic rings. The molecule has 0 spiro atoms. The van der Waals surface area contributed by atoms with Crippen LogP contribution in [-0.4, -0.2) is 39.4 Å². The minimum Gasteiger partial charge on any atom is -0.495 e. The predicted octanol–water partition coefficient (Wildman–Crippen LogP) is 0.506. The van der Waals surface area contributed by atoms with Gasteiger partial charge in [0.25, 0.3) is 0 Å². The van der Waals surface area contributed by atoms with E-state index in [0.29, 0.717) is 11.6 Å². The second-order valence-corrected chi connectivity index (χ2v) is 6.47. The molecule has 1 aliphatic carbocycles. The maximum Gasteiger partial charge on any atom is 0.241 e. The van der Waals surface area contributed by atoms with Gasteiger partial charge in [0, 0.05) is 13.1 Å². The van der Waals surface area contributed by atoms with Crippen LogP contribution in [0.5, 0.6) is 5.75 Å². The number of methoxy groups -OCH3 is 1. The highest BCUT2D eigenvalue weighted by molar-refractivity contribution is 7.89. The van der Waals surface area contributed by atoms with Crippen LogP contribution in [0.15, 0.2) is 23.1 Å². The molecule has 0 heterocycles. The Labute approximate surface area is 118 Å². The normalized spacial score (nSPS) is 14.9. The quantitative estimate of drug-likeness (QED) is 0.857. The fraction of sp³-hybridized carbons (Fsp3) is 0.462. The van der Waals surface area contributed by atoms with E-state index < -0.39 is 10.0 Å². The number of nitrogens with zero attached hydrogens (tertiary/aromatic N) is 1. The third kappa shape index (κ3) is 3.29. The summed E-state index contributed by atoms with van der Waals surface area (Å²) < 4.78 is 28.0. The molecule has 0 radical (unpaired) electrons. The van der Waals surface area contributed by atoms with Crippen molar-refractivity contribution in [1.82, 2.24) is 4.90 Å². The van der Waals surface area contributed by atoms with Crippen LogP contribution in [0.3, 0.4) is 0 Å². The van der Waals surface area contributed by atoms with E-state index in [-0.39, 0.29) is 23.0 Å². The number of sulfonamides is 1. The van der Waals surface area contributed by atoms with Crippen molar-refractivity contribution in [3.8, 4) is 5.75 Å².